The molecule has 0 aliphatic rings. The lowest BCUT2D eigenvalue weighted by atomic mass is 10.1. The molecule has 4 nitrogen and oxygen atoms in total. The fourth-order valence-corrected chi connectivity index (χ4v) is 3.61. The Morgan fingerprint density at radius 2 is 1.71 bits per heavy atom. The highest BCUT2D eigenvalue weighted by Gasteiger charge is 2.17. The van der Waals surface area contributed by atoms with Crippen LogP contribution in [-0.4, -0.2) is 25.2 Å². The van der Waals surface area contributed by atoms with Crippen molar-refractivity contribution in [1.82, 2.24) is 0 Å². The quantitative estimate of drug-likeness (QED) is 0.703. The van der Waals surface area contributed by atoms with Crippen LogP contribution >= 0.6 is 0 Å². The van der Waals surface area contributed by atoms with E-state index in [4.69, 9.17) is 5.11 Å². The number of aromatic carboxylic acids is 1. The Hall–Kier alpha value is -1.36. The molecule has 0 bridgehead atoms. The highest BCUT2D eigenvalue weighted by molar-refractivity contribution is 7.91. The van der Waals surface area contributed by atoms with Gasteiger partial charge in [-0.3, -0.25) is 0 Å². The lowest BCUT2D eigenvalue weighted by Crippen LogP contribution is -2.09. The average molecular weight is 312 g/mol. The fraction of sp³-hybridized carbons (Fsp3) is 0.562. The zero-order valence-electron chi connectivity index (χ0n) is 12.8. The molecule has 0 saturated carbocycles. The third-order valence-electron chi connectivity index (χ3n) is 3.57. The molecule has 0 atom stereocenters. The van der Waals surface area contributed by atoms with Crippen molar-refractivity contribution in [1.29, 1.82) is 0 Å². The summed E-state index contributed by atoms with van der Waals surface area (Å²) < 4.78 is 24.4. The molecule has 0 radical (unpaired) electrons. The zero-order valence-corrected chi connectivity index (χ0v) is 13.6. The van der Waals surface area contributed by atoms with E-state index in [0.717, 1.165) is 19.3 Å². The number of unbranched alkanes of at least 4 members (excludes halogenated alkanes) is 5. The van der Waals surface area contributed by atoms with Crippen LogP contribution in [0.2, 0.25) is 0 Å². The van der Waals surface area contributed by atoms with Crippen LogP contribution in [0.5, 0.6) is 0 Å². The van der Waals surface area contributed by atoms with Crippen LogP contribution in [0.15, 0.2) is 23.1 Å². The van der Waals surface area contributed by atoms with Gasteiger partial charge in [-0.05, 0) is 31.0 Å². The van der Waals surface area contributed by atoms with Gasteiger partial charge in [-0.1, -0.05) is 45.1 Å². The molecule has 0 saturated heterocycles. The minimum Gasteiger partial charge on any atom is -0.478 e. The summed E-state index contributed by atoms with van der Waals surface area (Å²) >= 11 is 0. The molecule has 0 fully saturated rings. The molecule has 1 N–H and O–H groups in total. The van der Waals surface area contributed by atoms with E-state index in [0.29, 0.717) is 12.0 Å². The number of hydrogen-bond donors (Lipinski definition) is 1. The minimum absolute atomic E-state index is 0.0546. The second-order valence-corrected chi connectivity index (χ2v) is 7.48. The summed E-state index contributed by atoms with van der Waals surface area (Å²) in [4.78, 5) is 11.2. The summed E-state index contributed by atoms with van der Waals surface area (Å²) in [6, 6.07) is 4.32. The molecule has 0 aliphatic carbocycles. The van der Waals surface area contributed by atoms with Gasteiger partial charge in [-0.2, -0.15) is 0 Å². The van der Waals surface area contributed by atoms with Gasteiger partial charge in [0, 0.05) is 0 Å². The van der Waals surface area contributed by atoms with Crippen LogP contribution in [-0.2, 0) is 9.84 Å². The van der Waals surface area contributed by atoms with Crippen LogP contribution in [0, 0.1) is 6.92 Å². The molecule has 0 unspecified atom stereocenters. The first-order valence-corrected chi connectivity index (χ1v) is 9.10. The Labute approximate surface area is 127 Å². The summed E-state index contributed by atoms with van der Waals surface area (Å²) in [5, 5.41) is 9.06. The average Bonchev–Trinajstić information content (AvgIpc) is 2.42. The van der Waals surface area contributed by atoms with Crippen molar-refractivity contribution >= 4 is 15.8 Å². The van der Waals surface area contributed by atoms with Gasteiger partial charge in [-0.15, -0.1) is 0 Å². The van der Waals surface area contributed by atoms with Crippen LogP contribution in [0.25, 0.3) is 0 Å². The number of carboxylic acid groups (broad SMARTS) is 1. The van der Waals surface area contributed by atoms with E-state index in [2.05, 4.69) is 6.92 Å². The molecule has 0 aromatic heterocycles. The van der Waals surface area contributed by atoms with Gasteiger partial charge in [0.15, 0.2) is 9.84 Å². The van der Waals surface area contributed by atoms with Crippen molar-refractivity contribution in [3.8, 4) is 0 Å². The summed E-state index contributed by atoms with van der Waals surface area (Å²) in [6.45, 7) is 3.80. The van der Waals surface area contributed by atoms with Crippen molar-refractivity contribution in [3.63, 3.8) is 0 Å². The van der Waals surface area contributed by atoms with Gasteiger partial charge in [0.05, 0.1) is 16.2 Å². The third-order valence-corrected chi connectivity index (χ3v) is 5.36. The summed E-state index contributed by atoms with van der Waals surface area (Å²) in [6.07, 6.45) is 6.08. The Bertz CT molecular complexity index is 576. The Balaban J connectivity index is 2.66. The Morgan fingerprint density at radius 1 is 1.10 bits per heavy atom. The van der Waals surface area contributed by atoms with Gasteiger partial charge in [0.2, 0.25) is 0 Å². The monoisotopic (exact) mass is 312 g/mol. The molecular formula is C16H24O4S. The Morgan fingerprint density at radius 3 is 2.33 bits per heavy atom. The second-order valence-electron chi connectivity index (χ2n) is 5.37. The van der Waals surface area contributed by atoms with Crippen molar-refractivity contribution in [2.24, 2.45) is 0 Å². The maximum atomic E-state index is 12.2. The first-order chi connectivity index (χ1) is 9.88. The smallest absolute Gasteiger partial charge is 0.335 e. The number of carboxylic acids is 1. The van der Waals surface area contributed by atoms with Crippen LogP contribution in [0.1, 0.15) is 61.4 Å². The van der Waals surface area contributed by atoms with Crippen LogP contribution < -0.4 is 0 Å². The molecule has 21 heavy (non-hydrogen) atoms. The van der Waals surface area contributed by atoms with E-state index in [-0.39, 0.29) is 16.2 Å². The zero-order chi connectivity index (χ0) is 15.9. The standard InChI is InChI=1S/C16H24O4S/c1-3-4-5-6-7-8-11-21(19,20)14-10-9-13(2)15(12-14)16(17)18/h9-10,12H,3-8,11H2,1-2H3,(H,17,18). The maximum absolute atomic E-state index is 12.2. The van der Waals surface area contributed by atoms with Gasteiger partial charge in [-0.25, -0.2) is 13.2 Å². The molecule has 0 spiro atoms. The van der Waals surface area contributed by atoms with E-state index in [9.17, 15) is 13.2 Å². The van der Waals surface area contributed by atoms with E-state index >= 15 is 0 Å². The van der Waals surface area contributed by atoms with Crippen LogP contribution in [0.4, 0.5) is 0 Å². The predicted octanol–water partition coefficient (Wildman–Crippen LogP) is 3.83. The van der Waals surface area contributed by atoms with Gasteiger partial charge < -0.3 is 5.11 Å². The molecule has 1 rings (SSSR count). The fourth-order valence-electron chi connectivity index (χ4n) is 2.22. The number of aryl methyl sites for hydroxylation is 1. The van der Waals surface area contributed by atoms with Gasteiger partial charge >= 0.3 is 5.97 Å². The van der Waals surface area contributed by atoms with E-state index in [1.165, 1.54) is 25.0 Å². The van der Waals surface area contributed by atoms with Crippen molar-refractivity contribution in [3.05, 3.63) is 29.3 Å². The predicted molar refractivity (Wildman–Crippen MR) is 83.6 cm³/mol. The Kier molecular flexibility index (Phi) is 6.89. The van der Waals surface area contributed by atoms with Crippen LogP contribution in [0.3, 0.4) is 0 Å². The summed E-state index contributed by atoms with van der Waals surface area (Å²) in [7, 11) is -3.39. The molecule has 5 heteroatoms. The molecule has 1 aromatic rings. The lowest BCUT2D eigenvalue weighted by molar-refractivity contribution is 0.0696. The second kappa shape index (κ2) is 8.17. The van der Waals surface area contributed by atoms with Crippen molar-refractivity contribution < 1.29 is 18.3 Å². The highest BCUT2D eigenvalue weighted by atomic mass is 32.2. The van der Waals surface area contributed by atoms with Crippen molar-refractivity contribution in [2.45, 2.75) is 57.3 Å². The number of sulfone groups is 1. The summed E-state index contributed by atoms with van der Waals surface area (Å²) in [5.74, 6) is -1.01. The number of hydrogen-bond acceptors (Lipinski definition) is 3. The molecular weight excluding hydrogens is 288 g/mol. The highest BCUT2D eigenvalue weighted by Crippen LogP contribution is 2.18. The molecule has 118 valence electrons. The molecule has 1 aromatic carbocycles. The van der Waals surface area contributed by atoms with Gasteiger partial charge in [0.1, 0.15) is 0 Å². The third kappa shape index (κ3) is 5.50. The lowest BCUT2D eigenvalue weighted by Gasteiger charge is -2.07. The molecule has 0 amide bonds. The SMILES string of the molecule is CCCCCCCCS(=O)(=O)c1ccc(C)c(C(=O)O)c1. The first kappa shape index (κ1) is 17.7. The van der Waals surface area contributed by atoms with E-state index in [1.54, 1.807) is 13.0 Å². The minimum atomic E-state index is -3.39. The molecule has 0 aliphatic heterocycles. The normalized spacial score (nSPS) is 11.5. The first-order valence-electron chi connectivity index (χ1n) is 7.45. The number of rotatable bonds is 9. The maximum Gasteiger partial charge on any atom is 0.335 e. The number of carbonyl (C=O) groups is 1. The number of benzene rings is 1. The van der Waals surface area contributed by atoms with Crippen molar-refractivity contribution in [2.75, 3.05) is 5.75 Å². The topological polar surface area (TPSA) is 71.4 Å². The largest absolute Gasteiger partial charge is 0.478 e. The van der Waals surface area contributed by atoms with Gasteiger partial charge in [0.25, 0.3) is 0 Å². The van der Waals surface area contributed by atoms with E-state index < -0.39 is 15.8 Å². The van der Waals surface area contributed by atoms with E-state index in [1.807, 2.05) is 0 Å². The summed E-state index contributed by atoms with van der Waals surface area (Å²) in [5.41, 5.74) is 0.625. The molecule has 0 heterocycles.